The smallest absolute Gasteiger partial charge is 0.341 e. The molecule has 0 saturated heterocycles. The van der Waals surface area contributed by atoms with Crippen LogP contribution >= 0.6 is 11.8 Å². The fourth-order valence-electron chi connectivity index (χ4n) is 3.72. The Hall–Kier alpha value is -3.26. The maximum Gasteiger partial charge on any atom is 0.341 e. The average molecular weight is 453 g/mol. The number of carbonyl (C=O) groups excluding carboxylic acids is 2. The summed E-state index contributed by atoms with van der Waals surface area (Å²) >= 11 is 1.35. The largest absolute Gasteiger partial charge is 0.486 e. The molecule has 1 atom stereocenters. The van der Waals surface area contributed by atoms with Crippen LogP contribution in [0.5, 0.6) is 11.5 Å². The highest BCUT2D eigenvalue weighted by Crippen LogP contribution is 2.31. The van der Waals surface area contributed by atoms with Crippen LogP contribution in [0.4, 0.5) is 0 Å². The number of ether oxygens (including phenoxy) is 3. The van der Waals surface area contributed by atoms with Crippen molar-refractivity contribution in [1.82, 2.24) is 9.55 Å². The molecular formula is C24H24N2O5S. The summed E-state index contributed by atoms with van der Waals surface area (Å²) in [6.45, 7) is 4.46. The second kappa shape index (κ2) is 9.48. The lowest BCUT2D eigenvalue weighted by atomic mass is 10.1. The number of benzene rings is 1. The molecule has 1 aromatic carbocycles. The highest BCUT2D eigenvalue weighted by molar-refractivity contribution is 7.98. The molecule has 3 heterocycles. The summed E-state index contributed by atoms with van der Waals surface area (Å²) in [6, 6.07) is 12.7. The van der Waals surface area contributed by atoms with E-state index in [9.17, 15) is 9.59 Å². The maximum absolute atomic E-state index is 12.8. The zero-order valence-corrected chi connectivity index (χ0v) is 19.0. The Balaban J connectivity index is 1.42. The van der Waals surface area contributed by atoms with Gasteiger partial charge in [-0.05, 0) is 50.4 Å². The van der Waals surface area contributed by atoms with Gasteiger partial charge in [0.1, 0.15) is 11.6 Å². The Bertz CT molecular complexity index is 1160. The molecular weight excluding hydrogens is 428 g/mol. The predicted octanol–water partition coefficient (Wildman–Crippen LogP) is 4.10. The number of carbonyl (C=O) groups is 2. The second-order valence-electron chi connectivity index (χ2n) is 7.45. The molecule has 3 aromatic rings. The molecule has 0 radical (unpaired) electrons. The molecule has 166 valence electrons. The van der Waals surface area contributed by atoms with Crippen LogP contribution in [-0.4, -0.2) is 46.9 Å². The first-order chi connectivity index (χ1) is 15.5. The molecule has 0 fully saturated rings. The van der Waals surface area contributed by atoms with E-state index in [0.717, 1.165) is 22.9 Å². The van der Waals surface area contributed by atoms with Gasteiger partial charge in [0, 0.05) is 23.1 Å². The Labute approximate surface area is 190 Å². The summed E-state index contributed by atoms with van der Waals surface area (Å²) in [5, 5.41) is 0.569. The SMILES string of the molecule is CSc1ncccc1C(=O)OCC(=O)c1cc(C)n(CC2COc3ccccc3O2)c1C. The topological polar surface area (TPSA) is 79.7 Å². The number of pyridine rings is 1. The number of nitrogens with zero attached hydrogens (tertiary/aromatic N) is 2. The van der Waals surface area contributed by atoms with Gasteiger partial charge in [0.25, 0.3) is 0 Å². The number of esters is 1. The molecule has 1 unspecified atom stereocenters. The molecule has 1 aliphatic heterocycles. The van der Waals surface area contributed by atoms with Crippen molar-refractivity contribution in [1.29, 1.82) is 0 Å². The minimum absolute atomic E-state index is 0.175. The molecule has 1 aliphatic rings. The van der Waals surface area contributed by atoms with Crippen LogP contribution < -0.4 is 9.47 Å². The van der Waals surface area contributed by atoms with Gasteiger partial charge in [-0.25, -0.2) is 9.78 Å². The van der Waals surface area contributed by atoms with Crippen molar-refractivity contribution in [2.75, 3.05) is 19.5 Å². The molecule has 32 heavy (non-hydrogen) atoms. The lowest BCUT2D eigenvalue weighted by molar-refractivity contribution is 0.0470. The van der Waals surface area contributed by atoms with Crippen LogP contribution in [0.15, 0.2) is 53.7 Å². The minimum Gasteiger partial charge on any atom is -0.486 e. The zero-order valence-electron chi connectivity index (χ0n) is 18.2. The van der Waals surface area contributed by atoms with Gasteiger partial charge >= 0.3 is 5.97 Å². The predicted molar refractivity (Wildman–Crippen MR) is 121 cm³/mol. The van der Waals surface area contributed by atoms with Gasteiger partial charge < -0.3 is 18.8 Å². The number of Topliss-reactive ketones (excluding diaryl/α,β-unsaturated/α-hetero) is 1. The number of ketones is 1. The fraction of sp³-hybridized carbons (Fsp3) is 0.292. The molecule has 4 rings (SSSR count). The van der Waals surface area contributed by atoms with Crippen molar-refractivity contribution in [3.63, 3.8) is 0 Å². The van der Waals surface area contributed by atoms with E-state index in [1.165, 1.54) is 11.8 Å². The Kier molecular flexibility index (Phi) is 6.50. The van der Waals surface area contributed by atoms with Crippen LogP contribution in [0.2, 0.25) is 0 Å². The van der Waals surface area contributed by atoms with Crippen molar-refractivity contribution in [3.05, 3.63) is 71.2 Å². The van der Waals surface area contributed by atoms with E-state index in [4.69, 9.17) is 14.2 Å². The number of hydrogen-bond acceptors (Lipinski definition) is 7. The van der Waals surface area contributed by atoms with Gasteiger partial charge in [-0.2, -0.15) is 0 Å². The standard InChI is InChI=1S/C24H24N2O5S/c1-15-11-19(20(27)14-30-24(28)18-7-6-10-25-23(18)32-3)16(2)26(15)12-17-13-29-21-8-4-5-9-22(21)31-17/h4-11,17H,12-14H2,1-3H3. The van der Waals surface area contributed by atoms with Gasteiger partial charge in [-0.3, -0.25) is 4.79 Å². The third kappa shape index (κ3) is 4.50. The van der Waals surface area contributed by atoms with Gasteiger partial charge in [-0.15, -0.1) is 11.8 Å². The summed E-state index contributed by atoms with van der Waals surface area (Å²) < 4.78 is 19.2. The number of rotatable bonds is 7. The molecule has 8 heteroatoms. The molecule has 0 aliphatic carbocycles. The normalized spacial score (nSPS) is 14.8. The molecule has 7 nitrogen and oxygen atoms in total. The summed E-state index contributed by atoms with van der Waals surface area (Å²) in [5.74, 6) is 0.643. The van der Waals surface area contributed by atoms with Crippen LogP contribution in [0, 0.1) is 13.8 Å². The molecule has 0 spiro atoms. The van der Waals surface area contributed by atoms with Crippen molar-refractivity contribution in [3.8, 4) is 11.5 Å². The van der Waals surface area contributed by atoms with E-state index in [1.54, 1.807) is 18.3 Å². The van der Waals surface area contributed by atoms with Crippen molar-refractivity contribution in [2.24, 2.45) is 0 Å². The highest BCUT2D eigenvalue weighted by atomic mass is 32.2. The van der Waals surface area contributed by atoms with E-state index in [2.05, 4.69) is 4.98 Å². The average Bonchev–Trinajstić information content (AvgIpc) is 3.10. The molecule has 0 N–H and O–H groups in total. The Morgan fingerprint density at radius 1 is 1.16 bits per heavy atom. The lowest BCUT2D eigenvalue weighted by Gasteiger charge is -2.27. The van der Waals surface area contributed by atoms with Crippen LogP contribution in [0.1, 0.15) is 32.1 Å². The third-order valence-corrected chi connectivity index (χ3v) is 6.06. The summed E-state index contributed by atoms with van der Waals surface area (Å²) in [7, 11) is 0. The summed E-state index contributed by atoms with van der Waals surface area (Å²) in [6.07, 6.45) is 3.27. The van der Waals surface area contributed by atoms with E-state index in [0.29, 0.717) is 29.3 Å². The van der Waals surface area contributed by atoms with E-state index < -0.39 is 5.97 Å². The quantitative estimate of drug-likeness (QED) is 0.303. The number of aromatic nitrogens is 2. The summed E-state index contributed by atoms with van der Waals surface area (Å²) in [4.78, 5) is 29.4. The zero-order chi connectivity index (χ0) is 22.7. The van der Waals surface area contributed by atoms with Crippen molar-refractivity contribution >= 4 is 23.5 Å². The van der Waals surface area contributed by atoms with Crippen LogP contribution in [0.3, 0.4) is 0 Å². The van der Waals surface area contributed by atoms with Gasteiger partial charge in [0.05, 0.1) is 12.1 Å². The summed E-state index contributed by atoms with van der Waals surface area (Å²) in [5.41, 5.74) is 2.62. The number of thioether (sulfide) groups is 1. The number of aryl methyl sites for hydroxylation is 1. The second-order valence-corrected chi connectivity index (χ2v) is 8.25. The van der Waals surface area contributed by atoms with Gasteiger partial charge in [0.15, 0.2) is 24.2 Å². The molecule has 0 bridgehead atoms. The van der Waals surface area contributed by atoms with Gasteiger partial charge in [-0.1, -0.05) is 12.1 Å². The fourth-order valence-corrected chi connectivity index (χ4v) is 4.25. The van der Waals surface area contributed by atoms with Crippen molar-refractivity contribution < 1.29 is 23.8 Å². The van der Waals surface area contributed by atoms with Crippen LogP contribution in [-0.2, 0) is 11.3 Å². The van der Waals surface area contributed by atoms with Crippen molar-refractivity contribution in [2.45, 2.75) is 31.5 Å². The maximum atomic E-state index is 12.8. The molecule has 0 saturated carbocycles. The number of para-hydroxylation sites is 2. The van der Waals surface area contributed by atoms with E-state index in [1.807, 2.05) is 55.0 Å². The lowest BCUT2D eigenvalue weighted by Crippen LogP contribution is -2.33. The number of fused-ring (bicyclic) bond motifs is 1. The first kappa shape index (κ1) is 22.0. The first-order valence-electron chi connectivity index (χ1n) is 10.2. The van der Waals surface area contributed by atoms with Gasteiger partial charge in [0.2, 0.25) is 5.78 Å². The number of hydrogen-bond donors (Lipinski definition) is 0. The third-order valence-electron chi connectivity index (χ3n) is 5.35. The Morgan fingerprint density at radius 2 is 1.94 bits per heavy atom. The molecule has 0 amide bonds. The minimum atomic E-state index is -0.559. The first-order valence-corrected chi connectivity index (χ1v) is 11.4. The van der Waals surface area contributed by atoms with E-state index in [-0.39, 0.29) is 18.5 Å². The van der Waals surface area contributed by atoms with E-state index >= 15 is 0 Å². The van der Waals surface area contributed by atoms with Crippen LogP contribution in [0.25, 0.3) is 0 Å². The Morgan fingerprint density at radius 3 is 2.72 bits per heavy atom. The highest BCUT2D eigenvalue weighted by Gasteiger charge is 2.24. The monoisotopic (exact) mass is 452 g/mol. The molecule has 2 aromatic heterocycles.